The average Bonchev–Trinajstić information content (AvgIpc) is 3.44. The second-order valence-electron chi connectivity index (χ2n) is 7.87. The summed E-state index contributed by atoms with van der Waals surface area (Å²) in [5, 5.41) is 7.99. The fraction of sp³-hybridized carbons (Fsp3) is 0.409. The number of aryl methyl sites for hydroxylation is 1. The number of pyridine rings is 1. The molecule has 3 aromatic rings. The van der Waals surface area contributed by atoms with E-state index in [2.05, 4.69) is 15.5 Å². The van der Waals surface area contributed by atoms with E-state index >= 15 is 0 Å². The number of para-hydroxylation sites is 1. The summed E-state index contributed by atoms with van der Waals surface area (Å²) in [6.07, 6.45) is 4.80. The second-order valence-corrected chi connectivity index (χ2v) is 7.87. The number of fused-ring (bicyclic) bond motifs is 2. The first-order valence-electron chi connectivity index (χ1n) is 9.87. The van der Waals surface area contributed by atoms with E-state index in [4.69, 9.17) is 9.26 Å². The molecule has 0 saturated heterocycles. The lowest BCUT2D eigenvalue weighted by atomic mass is 9.95. The SMILES string of the molecule is COc1ccccc1-c1cc(C(=O)NC2CCCC3CC32)c2c(C)noc2n1. The molecular formula is C22H23N3O3. The quantitative estimate of drug-likeness (QED) is 0.740. The molecule has 1 amide bonds. The van der Waals surface area contributed by atoms with Crippen LogP contribution in [0, 0.1) is 18.8 Å². The van der Waals surface area contributed by atoms with E-state index in [1.54, 1.807) is 7.11 Å². The van der Waals surface area contributed by atoms with Crippen molar-refractivity contribution in [3.63, 3.8) is 0 Å². The molecule has 1 N–H and O–H groups in total. The minimum atomic E-state index is -0.0765. The lowest BCUT2D eigenvalue weighted by Crippen LogP contribution is -2.38. The van der Waals surface area contributed by atoms with Gasteiger partial charge in [0.15, 0.2) is 0 Å². The van der Waals surface area contributed by atoms with Crippen molar-refractivity contribution < 1.29 is 14.1 Å². The van der Waals surface area contributed by atoms with Crippen molar-refractivity contribution in [2.75, 3.05) is 7.11 Å². The van der Waals surface area contributed by atoms with Gasteiger partial charge in [-0.1, -0.05) is 30.1 Å². The molecule has 0 aliphatic heterocycles. The number of nitrogens with one attached hydrogen (secondary N) is 1. The molecule has 5 rings (SSSR count). The molecule has 0 spiro atoms. The molecular weight excluding hydrogens is 354 g/mol. The van der Waals surface area contributed by atoms with E-state index in [0.29, 0.717) is 39.7 Å². The van der Waals surface area contributed by atoms with Crippen molar-refractivity contribution in [2.45, 2.75) is 38.6 Å². The summed E-state index contributed by atoms with van der Waals surface area (Å²) >= 11 is 0. The van der Waals surface area contributed by atoms with Gasteiger partial charge in [0.05, 0.1) is 29.4 Å². The number of methoxy groups -OCH3 is 1. The maximum atomic E-state index is 13.2. The first-order valence-corrected chi connectivity index (χ1v) is 9.87. The summed E-state index contributed by atoms with van der Waals surface area (Å²) in [4.78, 5) is 17.8. The van der Waals surface area contributed by atoms with Crippen molar-refractivity contribution in [2.24, 2.45) is 11.8 Å². The Balaban J connectivity index is 1.57. The fourth-order valence-electron chi connectivity index (χ4n) is 4.60. The predicted molar refractivity (Wildman–Crippen MR) is 105 cm³/mol. The van der Waals surface area contributed by atoms with E-state index in [1.165, 1.54) is 19.3 Å². The van der Waals surface area contributed by atoms with E-state index in [0.717, 1.165) is 17.9 Å². The Kier molecular flexibility index (Phi) is 4.07. The van der Waals surface area contributed by atoms with Crippen molar-refractivity contribution in [1.82, 2.24) is 15.5 Å². The molecule has 3 unspecified atom stereocenters. The van der Waals surface area contributed by atoms with Gasteiger partial charge in [0.2, 0.25) is 0 Å². The number of hydrogen-bond donors (Lipinski definition) is 1. The topological polar surface area (TPSA) is 77.2 Å². The molecule has 2 aliphatic carbocycles. The smallest absolute Gasteiger partial charge is 0.259 e. The van der Waals surface area contributed by atoms with Crippen LogP contribution in [0.25, 0.3) is 22.4 Å². The summed E-state index contributed by atoms with van der Waals surface area (Å²) in [5.74, 6) is 2.07. The number of benzene rings is 1. The van der Waals surface area contributed by atoms with E-state index in [9.17, 15) is 4.79 Å². The first kappa shape index (κ1) is 17.2. The highest BCUT2D eigenvalue weighted by atomic mass is 16.5. The van der Waals surface area contributed by atoms with E-state index in [-0.39, 0.29) is 11.9 Å². The van der Waals surface area contributed by atoms with Crippen molar-refractivity contribution in [1.29, 1.82) is 0 Å². The van der Waals surface area contributed by atoms with Crippen molar-refractivity contribution >= 4 is 17.0 Å². The van der Waals surface area contributed by atoms with Crippen LogP contribution in [-0.2, 0) is 0 Å². The predicted octanol–water partition coefficient (Wildman–Crippen LogP) is 4.13. The Morgan fingerprint density at radius 1 is 1.29 bits per heavy atom. The van der Waals surface area contributed by atoms with Gasteiger partial charge >= 0.3 is 0 Å². The maximum Gasteiger partial charge on any atom is 0.259 e. The Morgan fingerprint density at radius 2 is 2.14 bits per heavy atom. The third-order valence-electron chi connectivity index (χ3n) is 6.15. The number of aromatic nitrogens is 2. The highest BCUT2D eigenvalue weighted by molar-refractivity contribution is 6.07. The van der Waals surface area contributed by atoms with Gasteiger partial charge < -0.3 is 14.6 Å². The third kappa shape index (κ3) is 2.84. The zero-order chi connectivity index (χ0) is 19.3. The number of nitrogens with zero attached hydrogens (tertiary/aromatic N) is 2. The number of carbonyl (C=O) groups is 1. The Labute approximate surface area is 163 Å². The number of hydrogen-bond acceptors (Lipinski definition) is 5. The zero-order valence-electron chi connectivity index (χ0n) is 16.1. The first-order chi connectivity index (χ1) is 13.7. The maximum absolute atomic E-state index is 13.2. The standard InChI is InChI=1S/C22H23N3O3/c1-12-20-16(21(26)23-17-8-5-6-13-10-15(13)17)11-18(24-22(20)28-25-12)14-7-3-4-9-19(14)27-2/h3-4,7,9,11,13,15,17H,5-6,8,10H2,1-2H3,(H,23,26). The number of ether oxygens (including phenoxy) is 1. The average molecular weight is 377 g/mol. The molecule has 2 fully saturated rings. The minimum Gasteiger partial charge on any atom is -0.496 e. The summed E-state index contributed by atoms with van der Waals surface area (Å²) in [6, 6.07) is 9.72. The van der Waals surface area contributed by atoms with Crippen LogP contribution in [0.1, 0.15) is 41.7 Å². The second kappa shape index (κ2) is 6.62. The van der Waals surface area contributed by atoms with Crippen LogP contribution >= 0.6 is 0 Å². The largest absolute Gasteiger partial charge is 0.496 e. The Bertz CT molecular complexity index is 1060. The van der Waals surface area contributed by atoms with E-state index < -0.39 is 0 Å². The molecule has 28 heavy (non-hydrogen) atoms. The number of carbonyl (C=O) groups excluding carboxylic acids is 1. The van der Waals surface area contributed by atoms with Gasteiger partial charge in [0.25, 0.3) is 11.6 Å². The van der Waals surface area contributed by atoms with Crippen LogP contribution in [0.15, 0.2) is 34.9 Å². The van der Waals surface area contributed by atoms with Gasteiger partial charge in [0.1, 0.15) is 5.75 Å². The van der Waals surface area contributed by atoms with Crippen LogP contribution < -0.4 is 10.1 Å². The molecule has 2 saturated carbocycles. The Morgan fingerprint density at radius 3 is 3.00 bits per heavy atom. The third-order valence-corrected chi connectivity index (χ3v) is 6.15. The lowest BCUT2D eigenvalue weighted by molar-refractivity contribution is 0.0925. The molecule has 6 heteroatoms. The summed E-state index contributed by atoms with van der Waals surface area (Å²) in [7, 11) is 1.62. The zero-order valence-corrected chi connectivity index (χ0v) is 16.1. The van der Waals surface area contributed by atoms with Crippen LogP contribution in [-0.4, -0.2) is 29.2 Å². The van der Waals surface area contributed by atoms with Crippen LogP contribution in [0.2, 0.25) is 0 Å². The molecule has 6 nitrogen and oxygen atoms in total. The summed E-state index contributed by atoms with van der Waals surface area (Å²) in [6.45, 7) is 1.84. The monoisotopic (exact) mass is 377 g/mol. The lowest BCUT2D eigenvalue weighted by Gasteiger charge is -2.23. The van der Waals surface area contributed by atoms with Crippen LogP contribution in [0.3, 0.4) is 0 Å². The van der Waals surface area contributed by atoms with Crippen molar-refractivity contribution in [3.8, 4) is 17.0 Å². The summed E-state index contributed by atoms with van der Waals surface area (Å²) in [5.41, 5.74) is 3.06. The molecule has 144 valence electrons. The van der Waals surface area contributed by atoms with Gasteiger partial charge in [0, 0.05) is 11.6 Å². The summed E-state index contributed by atoms with van der Waals surface area (Å²) < 4.78 is 10.9. The molecule has 0 bridgehead atoms. The minimum absolute atomic E-state index is 0.0765. The molecule has 2 heterocycles. The normalized spacial score (nSPS) is 23.3. The van der Waals surface area contributed by atoms with Crippen molar-refractivity contribution in [3.05, 3.63) is 41.6 Å². The molecule has 2 aliphatic rings. The molecule has 0 radical (unpaired) electrons. The Hall–Kier alpha value is -2.89. The highest BCUT2D eigenvalue weighted by Gasteiger charge is 2.45. The van der Waals surface area contributed by atoms with Gasteiger partial charge in [-0.3, -0.25) is 4.79 Å². The van der Waals surface area contributed by atoms with E-state index in [1.807, 2.05) is 37.3 Å². The van der Waals surface area contributed by atoms with Gasteiger partial charge in [-0.15, -0.1) is 0 Å². The van der Waals surface area contributed by atoms with Gasteiger partial charge in [-0.2, -0.15) is 0 Å². The molecule has 1 aromatic carbocycles. The number of amides is 1. The van der Waals surface area contributed by atoms with Crippen LogP contribution in [0.4, 0.5) is 0 Å². The van der Waals surface area contributed by atoms with Gasteiger partial charge in [-0.05, 0) is 49.8 Å². The fourth-order valence-corrected chi connectivity index (χ4v) is 4.60. The molecule has 2 aromatic heterocycles. The highest BCUT2D eigenvalue weighted by Crippen LogP contribution is 2.49. The van der Waals surface area contributed by atoms with Crippen LogP contribution in [0.5, 0.6) is 5.75 Å². The molecule has 3 atom stereocenters. The number of rotatable bonds is 4. The van der Waals surface area contributed by atoms with Gasteiger partial charge in [-0.25, -0.2) is 4.98 Å².